The van der Waals surface area contributed by atoms with Crippen LogP contribution in [-0.2, 0) is 0 Å². The van der Waals surface area contributed by atoms with Crippen molar-refractivity contribution < 1.29 is 5.11 Å². The summed E-state index contributed by atoms with van der Waals surface area (Å²) in [6, 6.07) is 0. The third-order valence-corrected chi connectivity index (χ3v) is 3.13. The standard InChI is InChI=1S/C10H13N5O.ClH/c11-8-7-10(13-4-12-8)15-9(14-7)5-1-2-6(16)3-5;/h4-6,16H,1-3H2,(H3,11,12,13,14,15);1H. The van der Waals surface area contributed by atoms with Gasteiger partial charge in [0, 0.05) is 5.92 Å². The van der Waals surface area contributed by atoms with Crippen molar-refractivity contribution in [2.75, 3.05) is 5.73 Å². The molecule has 0 saturated heterocycles. The summed E-state index contributed by atoms with van der Waals surface area (Å²) < 4.78 is 0. The maximum absolute atomic E-state index is 9.50. The molecule has 4 N–H and O–H groups in total. The Labute approximate surface area is 104 Å². The Morgan fingerprint density at radius 3 is 2.82 bits per heavy atom. The lowest BCUT2D eigenvalue weighted by Crippen LogP contribution is -2.00. The van der Waals surface area contributed by atoms with Crippen LogP contribution in [0.25, 0.3) is 11.2 Å². The normalized spacial score (nSPS) is 23.8. The van der Waals surface area contributed by atoms with Crippen molar-refractivity contribution in [1.82, 2.24) is 19.9 Å². The van der Waals surface area contributed by atoms with Gasteiger partial charge in [-0.15, -0.1) is 12.4 Å². The summed E-state index contributed by atoms with van der Waals surface area (Å²) in [5, 5.41) is 9.50. The Balaban J connectivity index is 0.00000108. The molecule has 3 rings (SSSR count). The number of nitrogens with one attached hydrogen (secondary N) is 1. The van der Waals surface area contributed by atoms with E-state index in [9.17, 15) is 5.11 Å². The van der Waals surface area contributed by atoms with Crippen LogP contribution in [0.4, 0.5) is 5.82 Å². The van der Waals surface area contributed by atoms with E-state index < -0.39 is 0 Å². The van der Waals surface area contributed by atoms with E-state index in [0.29, 0.717) is 17.0 Å². The summed E-state index contributed by atoms with van der Waals surface area (Å²) in [6.45, 7) is 0. The number of nitrogens with two attached hydrogens (primary N) is 1. The summed E-state index contributed by atoms with van der Waals surface area (Å²) in [5.41, 5.74) is 7.02. The monoisotopic (exact) mass is 255 g/mol. The molecule has 2 unspecified atom stereocenters. The van der Waals surface area contributed by atoms with Gasteiger partial charge in [-0.3, -0.25) is 0 Å². The minimum absolute atomic E-state index is 0. The molecule has 7 heteroatoms. The number of hydrogen-bond acceptors (Lipinski definition) is 5. The number of halogens is 1. The number of aliphatic hydroxyl groups excluding tert-OH is 1. The van der Waals surface area contributed by atoms with Crippen LogP contribution < -0.4 is 5.73 Å². The Morgan fingerprint density at radius 1 is 1.35 bits per heavy atom. The van der Waals surface area contributed by atoms with Crippen molar-refractivity contribution in [3.8, 4) is 0 Å². The van der Waals surface area contributed by atoms with Crippen LogP contribution in [0.3, 0.4) is 0 Å². The van der Waals surface area contributed by atoms with E-state index in [4.69, 9.17) is 5.73 Å². The van der Waals surface area contributed by atoms with Crippen molar-refractivity contribution in [3.05, 3.63) is 12.2 Å². The van der Waals surface area contributed by atoms with Crippen LogP contribution in [0, 0.1) is 0 Å². The van der Waals surface area contributed by atoms with Gasteiger partial charge in [0.1, 0.15) is 17.7 Å². The third kappa shape index (κ3) is 2.05. The molecule has 2 aromatic heterocycles. The first-order chi connectivity index (χ1) is 7.74. The Hall–Kier alpha value is -1.40. The summed E-state index contributed by atoms with van der Waals surface area (Å²) in [7, 11) is 0. The van der Waals surface area contributed by atoms with E-state index in [-0.39, 0.29) is 24.4 Å². The minimum atomic E-state index is -0.207. The highest BCUT2D eigenvalue weighted by molar-refractivity contribution is 5.85. The number of imidazole rings is 1. The van der Waals surface area contributed by atoms with Gasteiger partial charge in [0.25, 0.3) is 0 Å². The number of nitrogens with zero attached hydrogens (tertiary/aromatic N) is 3. The molecule has 1 fully saturated rings. The summed E-state index contributed by atoms with van der Waals surface area (Å²) in [4.78, 5) is 15.5. The number of nitrogen functional groups attached to an aromatic ring is 1. The number of anilines is 1. The first-order valence-corrected chi connectivity index (χ1v) is 5.38. The third-order valence-electron chi connectivity index (χ3n) is 3.13. The lowest BCUT2D eigenvalue weighted by molar-refractivity contribution is 0.181. The van der Waals surface area contributed by atoms with Crippen LogP contribution in [0.2, 0.25) is 0 Å². The average molecular weight is 256 g/mol. The molecule has 0 aromatic carbocycles. The number of rotatable bonds is 1. The van der Waals surface area contributed by atoms with Gasteiger partial charge in [-0.2, -0.15) is 0 Å². The van der Waals surface area contributed by atoms with E-state index >= 15 is 0 Å². The van der Waals surface area contributed by atoms with E-state index in [0.717, 1.165) is 25.1 Å². The molecule has 2 atom stereocenters. The van der Waals surface area contributed by atoms with E-state index in [2.05, 4.69) is 19.9 Å². The number of hydrogen-bond donors (Lipinski definition) is 3. The summed E-state index contributed by atoms with van der Waals surface area (Å²) in [5.74, 6) is 1.56. The van der Waals surface area contributed by atoms with Crippen LogP contribution in [0.5, 0.6) is 0 Å². The first-order valence-electron chi connectivity index (χ1n) is 5.38. The van der Waals surface area contributed by atoms with Crippen molar-refractivity contribution in [1.29, 1.82) is 0 Å². The van der Waals surface area contributed by atoms with Gasteiger partial charge in [-0.05, 0) is 19.3 Å². The van der Waals surface area contributed by atoms with Crippen molar-refractivity contribution in [3.63, 3.8) is 0 Å². The quantitative estimate of drug-likeness (QED) is 0.705. The fourth-order valence-electron chi connectivity index (χ4n) is 2.26. The van der Waals surface area contributed by atoms with E-state index in [1.54, 1.807) is 0 Å². The Morgan fingerprint density at radius 2 is 2.18 bits per heavy atom. The Bertz CT molecular complexity index is 528. The van der Waals surface area contributed by atoms with Crippen LogP contribution in [0.1, 0.15) is 31.0 Å². The molecule has 2 aromatic rings. The van der Waals surface area contributed by atoms with Crippen LogP contribution in [-0.4, -0.2) is 31.1 Å². The highest BCUT2D eigenvalue weighted by atomic mass is 35.5. The Kier molecular flexibility index (Phi) is 3.17. The molecule has 0 bridgehead atoms. The number of aliphatic hydroxyl groups is 1. The highest BCUT2D eigenvalue weighted by Crippen LogP contribution is 2.33. The van der Waals surface area contributed by atoms with E-state index in [1.807, 2.05) is 0 Å². The molecular weight excluding hydrogens is 242 g/mol. The predicted molar refractivity (Wildman–Crippen MR) is 65.9 cm³/mol. The van der Waals surface area contributed by atoms with Gasteiger partial charge >= 0.3 is 0 Å². The topological polar surface area (TPSA) is 101 Å². The molecule has 6 nitrogen and oxygen atoms in total. The summed E-state index contributed by atoms with van der Waals surface area (Å²) in [6.07, 6.45) is 3.75. The molecule has 0 amide bonds. The maximum Gasteiger partial charge on any atom is 0.183 e. The van der Waals surface area contributed by atoms with Gasteiger partial charge in [-0.25, -0.2) is 15.0 Å². The lowest BCUT2D eigenvalue weighted by Gasteiger charge is -2.03. The zero-order valence-electron chi connectivity index (χ0n) is 9.13. The van der Waals surface area contributed by atoms with Crippen molar-refractivity contribution in [2.24, 2.45) is 0 Å². The minimum Gasteiger partial charge on any atom is -0.393 e. The van der Waals surface area contributed by atoms with E-state index in [1.165, 1.54) is 6.33 Å². The fraction of sp³-hybridized carbons (Fsp3) is 0.500. The molecular formula is C10H14ClN5O. The van der Waals surface area contributed by atoms with Crippen molar-refractivity contribution in [2.45, 2.75) is 31.3 Å². The molecule has 1 saturated carbocycles. The van der Waals surface area contributed by atoms with Gasteiger partial charge in [0.05, 0.1) is 6.10 Å². The fourth-order valence-corrected chi connectivity index (χ4v) is 2.26. The average Bonchev–Trinajstić information content (AvgIpc) is 2.84. The zero-order valence-corrected chi connectivity index (χ0v) is 9.94. The molecule has 2 heterocycles. The molecule has 0 aliphatic heterocycles. The van der Waals surface area contributed by atoms with Crippen molar-refractivity contribution >= 4 is 29.4 Å². The SMILES string of the molecule is Cl.Nc1ncnc2nc(C3CCC(O)C3)[nH]c12. The van der Waals surface area contributed by atoms with Crippen LogP contribution >= 0.6 is 12.4 Å². The molecule has 1 aliphatic rings. The zero-order chi connectivity index (χ0) is 11.1. The number of fused-ring (bicyclic) bond motifs is 1. The highest BCUT2D eigenvalue weighted by Gasteiger charge is 2.26. The molecule has 1 aliphatic carbocycles. The van der Waals surface area contributed by atoms with Gasteiger partial charge in [0.15, 0.2) is 11.5 Å². The van der Waals surface area contributed by atoms with Gasteiger partial charge in [-0.1, -0.05) is 0 Å². The first kappa shape index (κ1) is 12.1. The number of aromatic amines is 1. The number of H-pyrrole nitrogens is 1. The molecule has 17 heavy (non-hydrogen) atoms. The van der Waals surface area contributed by atoms with Crippen LogP contribution in [0.15, 0.2) is 6.33 Å². The molecule has 92 valence electrons. The second kappa shape index (κ2) is 4.46. The molecule has 0 spiro atoms. The second-order valence-electron chi connectivity index (χ2n) is 4.24. The van der Waals surface area contributed by atoms with Gasteiger partial charge in [0.2, 0.25) is 0 Å². The predicted octanol–water partition coefficient (Wildman–Crippen LogP) is 0.985. The second-order valence-corrected chi connectivity index (χ2v) is 4.24. The largest absolute Gasteiger partial charge is 0.393 e. The summed E-state index contributed by atoms with van der Waals surface area (Å²) >= 11 is 0. The smallest absolute Gasteiger partial charge is 0.183 e. The number of aromatic nitrogens is 4. The maximum atomic E-state index is 9.50. The molecule has 0 radical (unpaired) electrons. The lowest BCUT2D eigenvalue weighted by atomic mass is 10.1. The van der Waals surface area contributed by atoms with Gasteiger partial charge < -0.3 is 15.8 Å².